The van der Waals surface area contributed by atoms with E-state index in [-0.39, 0.29) is 29.1 Å². The van der Waals surface area contributed by atoms with Crippen molar-refractivity contribution in [2.45, 2.75) is 63.1 Å². The molecular weight excluding hydrogens is 554 g/mol. The van der Waals surface area contributed by atoms with Crippen LogP contribution in [0.25, 0.3) is 0 Å². The van der Waals surface area contributed by atoms with Crippen molar-refractivity contribution in [3.05, 3.63) is 83.9 Å². The van der Waals surface area contributed by atoms with E-state index in [1.807, 2.05) is 25.1 Å². The number of rotatable bonds is 12. The number of anilines is 1. The van der Waals surface area contributed by atoms with E-state index in [4.69, 9.17) is 9.47 Å². The van der Waals surface area contributed by atoms with Crippen LogP contribution in [0.5, 0.6) is 11.5 Å². The number of benzene rings is 3. The van der Waals surface area contributed by atoms with E-state index in [0.717, 1.165) is 41.1 Å². The third-order valence-electron chi connectivity index (χ3n) is 7.57. The molecule has 1 unspecified atom stereocenters. The first-order valence-corrected chi connectivity index (χ1v) is 15.5. The summed E-state index contributed by atoms with van der Waals surface area (Å²) in [5, 5.41) is 3.08. The number of carbonyl (C=O) groups is 2. The van der Waals surface area contributed by atoms with E-state index in [2.05, 4.69) is 5.32 Å². The van der Waals surface area contributed by atoms with Crippen LogP contribution in [-0.2, 0) is 26.2 Å². The molecule has 0 aliphatic heterocycles. The topological polar surface area (TPSA) is 105 Å². The number of methoxy groups -OCH3 is 2. The summed E-state index contributed by atoms with van der Waals surface area (Å²) in [6, 6.07) is 19.6. The molecule has 0 radical (unpaired) electrons. The van der Waals surface area contributed by atoms with Crippen LogP contribution in [0.4, 0.5) is 5.69 Å². The predicted molar refractivity (Wildman–Crippen MR) is 162 cm³/mol. The number of sulfonamides is 1. The second-order valence-corrected chi connectivity index (χ2v) is 12.4. The Morgan fingerprint density at radius 2 is 1.67 bits per heavy atom. The van der Waals surface area contributed by atoms with Crippen molar-refractivity contribution in [2.24, 2.45) is 0 Å². The van der Waals surface area contributed by atoms with Gasteiger partial charge in [-0.1, -0.05) is 49.2 Å². The summed E-state index contributed by atoms with van der Waals surface area (Å²) in [6.07, 6.45) is 3.91. The fraction of sp³-hybridized carbons (Fsp3) is 0.375. The SMILES string of the molecule is COc1cccc(CN(C(=O)CN(c2cc(C)ccc2OC)S(=O)(=O)c2ccccc2)C(C)C(=O)NC2CCCC2)c1. The average Bonchev–Trinajstić information content (AvgIpc) is 3.51. The van der Waals surface area contributed by atoms with Crippen LogP contribution in [0, 0.1) is 6.92 Å². The Morgan fingerprint density at radius 3 is 2.33 bits per heavy atom. The minimum Gasteiger partial charge on any atom is -0.497 e. The second kappa shape index (κ2) is 13.7. The lowest BCUT2D eigenvalue weighted by Gasteiger charge is -2.33. The summed E-state index contributed by atoms with van der Waals surface area (Å²) in [6.45, 7) is 3.05. The number of amides is 2. The molecule has 9 nitrogen and oxygen atoms in total. The van der Waals surface area contributed by atoms with Gasteiger partial charge < -0.3 is 19.7 Å². The van der Waals surface area contributed by atoms with Gasteiger partial charge in [0.25, 0.3) is 10.0 Å². The molecule has 42 heavy (non-hydrogen) atoms. The number of carbonyl (C=O) groups excluding carboxylic acids is 2. The monoisotopic (exact) mass is 593 g/mol. The molecule has 0 aromatic heterocycles. The molecule has 224 valence electrons. The molecule has 10 heteroatoms. The molecule has 1 fully saturated rings. The normalized spacial score (nSPS) is 14.2. The molecule has 1 aliphatic carbocycles. The molecule has 0 heterocycles. The molecule has 1 atom stereocenters. The molecule has 0 bridgehead atoms. The van der Waals surface area contributed by atoms with E-state index in [1.165, 1.54) is 24.1 Å². The Balaban J connectivity index is 1.73. The van der Waals surface area contributed by atoms with Gasteiger partial charge in [-0.3, -0.25) is 13.9 Å². The molecular formula is C32H39N3O6S. The number of nitrogens with one attached hydrogen (secondary N) is 1. The number of ether oxygens (including phenoxy) is 2. The first-order chi connectivity index (χ1) is 20.1. The third kappa shape index (κ3) is 7.23. The maximum absolute atomic E-state index is 14.2. The van der Waals surface area contributed by atoms with Gasteiger partial charge in [0.15, 0.2) is 0 Å². The minimum atomic E-state index is -4.19. The average molecular weight is 594 g/mol. The van der Waals surface area contributed by atoms with Crippen LogP contribution in [0.1, 0.15) is 43.7 Å². The Kier molecular flexibility index (Phi) is 10.1. The standard InChI is InChI=1S/C32H39N3O6S/c1-23-17-18-30(41-4)29(19-23)35(42(38,39)28-15-6-5-7-16-28)22-31(36)34(21-25-11-10-14-27(20-25)40-3)24(2)32(37)33-26-12-8-9-13-26/h5-7,10-11,14-20,24,26H,8-9,12-13,21-22H2,1-4H3,(H,33,37). The molecule has 1 N–H and O–H groups in total. The summed E-state index contributed by atoms with van der Waals surface area (Å²) in [7, 11) is -1.19. The maximum Gasteiger partial charge on any atom is 0.264 e. The van der Waals surface area contributed by atoms with Gasteiger partial charge in [-0.15, -0.1) is 0 Å². The highest BCUT2D eigenvalue weighted by molar-refractivity contribution is 7.92. The van der Waals surface area contributed by atoms with Crippen molar-refractivity contribution < 1.29 is 27.5 Å². The van der Waals surface area contributed by atoms with Crippen molar-refractivity contribution in [2.75, 3.05) is 25.1 Å². The van der Waals surface area contributed by atoms with Gasteiger partial charge in [0, 0.05) is 12.6 Å². The summed E-state index contributed by atoms with van der Waals surface area (Å²) >= 11 is 0. The maximum atomic E-state index is 14.2. The number of nitrogens with zero attached hydrogens (tertiary/aromatic N) is 2. The van der Waals surface area contributed by atoms with Crippen LogP contribution in [0.2, 0.25) is 0 Å². The number of aryl methyl sites for hydroxylation is 1. The molecule has 0 saturated heterocycles. The largest absolute Gasteiger partial charge is 0.497 e. The summed E-state index contributed by atoms with van der Waals surface area (Å²) in [5.41, 5.74) is 1.77. The fourth-order valence-electron chi connectivity index (χ4n) is 5.17. The molecule has 3 aromatic carbocycles. The molecule has 4 rings (SSSR count). The first-order valence-electron chi connectivity index (χ1n) is 14.1. The quantitative estimate of drug-likeness (QED) is 0.327. The van der Waals surface area contributed by atoms with Crippen molar-refractivity contribution in [3.63, 3.8) is 0 Å². The smallest absolute Gasteiger partial charge is 0.264 e. The highest BCUT2D eigenvalue weighted by atomic mass is 32.2. The molecule has 3 aromatic rings. The van der Waals surface area contributed by atoms with Gasteiger partial charge in [-0.05, 0) is 74.2 Å². The van der Waals surface area contributed by atoms with Crippen LogP contribution >= 0.6 is 0 Å². The van der Waals surface area contributed by atoms with Gasteiger partial charge in [0.2, 0.25) is 11.8 Å². The summed E-state index contributed by atoms with van der Waals surface area (Å²) < 4.78 is 40.1. The minimum absolute atomic E-state index is 0.0349. The predicted octanol–water partition coefficient (Wildman–Crippen LogP) is 4.68. The zero-order valence-corrected chi connectivity index (χ0v) is 25.4. The number of hydrogen-bond acceptors (Lipinski definition) is 6. The highest BCUT2D eigenvalue weighted by Gasteiger charge is 2.34. The highest BCUT2D eigenvalue weighted by Crippen LogP contribution is 2.34. The number of hydrogen-bond donors (Lipinski definition) is 1. The molecule has 1 aliphatic rings. The van der Waals surface area contributed by atoms with Crippen LogP contribution < -0.4 is 19.1 Å². The summed E-state index contributed by atoms with van der Waals surface area (Å²) in [5.74, 6) is 0.110. The Morgan fingerprint density at radius 1 is 0.952 bits per heavy atom. The third-order valence-corrected chi connectivity index (χ3v) is 9.34. The molecule has 1 saturated carbocycles. The van der Waals surface area contributed by atoms with Crippen LogP contribution in [-0.4, -0.2) is 58.0 Å². The van der Waals surface area contributed by atoms with E-state index in [0.29, 0.717) is 11.5 Å². The first kappa shape index (κ1) is 30.9. The van der Waals surface area contributed by atoms with Crippen LogP contribution in [0.3, 0.4) is 0 Å². The lowest BCUT2D eigenvalue weighted by molar-refractivity contribution is -0.139. The Labute approximate surface area is 248 Å². The Bertz CT molecular complexity index is 1490. The van der Waals surface area contributed by atoms with Crippen molar-refractivity contribution in [1.82, 2.24) is 10.2 Å². The van der Waals surface area contributed by atoms with E-state index >= 15 is 0 Å². The van der Waals surface area contributed by atoms with E-state index in [1.54, 1.807) is 56.5 Å². The second-order valence-electron chi connectivity index (χ2n) is 10.5. The zero-order chi connectivity index (χ0) is 30.3. The van der Waals surface area contributed by atoms with Crippen molar-refractivity contribution in [3.8, 4) is 11.5 Å². The van der Waals surface area contributed by atoms with Gasteiger partial charge in [0.05, 0.1) is 24.8 Å². The van der Waals surface area contributed by atoms with Gasteiger partial charge >= 0.3 is 0 Å². The lowest BCUT2D eigenvalue weighted by Crippen LogP contribution is -2.52. The molecule has 2 amide bonds. The van der Waals surface area contributed by atoms with Gasteiger partial charge in [0.1, 0.15) is 24.1 Å². The van der Waals surface area contributed by atoms with Crippen molar-refractivity contribution >= 4 is 27.5 Å². The summed E-state index contributed by atoms with van der Waals surface area (Å²) in [4.78, 5) is 29.1. The van der Waals surface area contributed by atoms with Gasteiger partial charge in [-0.2, -0.15) is 0 Å². The zero-order valence-electron chi connectivity index (χ0n) is 24.6. The lowest BCUT2D eigenvalue weighted by atomic mass is 10.1. The van der Waals surface area contributed by atoms with Crippen LogP contribution in [0.15, 0.2) is 77.7 Å². The van der Waals surface area contributed by atoms with Crippen molar-refractivity contribution in [1.29, 1.82) is 0 Å². The van der Waals surface area contributed by atoms with E-state index in [9.17, 15) is 18.0 Å². The Hall–Kier alpha value is -4.05. The van der Waals surface area contributed by atoms with Gasteiger partial charge in [-0.25, -0.2) is 8.42 Å². The fourth-order valence-corrected chi connectivity index (χ4v) is 6.61. The molecule has 0 spiro atoms. The van der Waals surface area contributed by atoms with E-state index < -0.39 is 28.5 Å².